The van der Waals surface area contributed by atoms with E-state index in [9.17, 15) is 0 Å². The van der Waals surface area contributed by atoms with Gasteiger partial charge in [0.2, 0.25) is 0 Å². The van der Waals surface area contributed by atoms with E-state index in [0.717, 1.165) is 45.1 Å². The van der Waals surface area contributed by atoms with Crippen molar-refractivity contribution in [1.82, 2.24) is 10.2 Å². The molecular formula is C16H24N2O5. The van der Waals surface area contributed by atoms with Gasteiger partial charge >= 0.3 is 11.9 Å². The van der Waals surface area contributed by atoms with E-state index in [1.807, 2.05) is 0 Å². The number of benzene rings is 1. The van der Waals surface area contributed by atoms with Crippen molar-refractivity contribution in [3.05, 3.63) is 29.3 Å². The van der Waals surface area contributed by atoms with Crippen LogP contribution in [-0.2, 0) is 9.59 Å². The van der Waals surface area contributed by atoms with Crippen molar-refractivity contribution >= 4 is 11.9 Å². The summed E-state index contributed by atoms with van der Waals surface area (Å²) in [6.45, 7) is 10.5. The number of carboxylic acid groups (broad SMARTS) is 2. The summed E-state index contributed by atoms with van der Waals surface area (Å²) in [5, 5.41) is 18.1. The third kappa shape index (κ3) is 7.62. The van der Waals surface area contributed by atoms with Gasteiger partial charge in [-0.3, -0.25) is 4.90 Å². The smallest absolute Gasteiger partial charge is 0.414 e. The lowest BCUT2D eigenvalue weighted by Crippen LogP contribution is -2.44. The van der Waals surface area contributed by atoms with Gasteiger partial charge in [-0.25, -0.2) is 9.59 Å². The fraction of sp³-hybridized carbons (Fsp3) is 0.500. The zero-order valence-electron chi connectivity index (χ0n) is 13.5. The van der Waals surface area contributed by atoms with E-state index in [4.69, 9.17) is 24.5 Å². The van der Waals surface area contributed by atoms with Gasteiger partial charge in [-0.05, 0) is 37.1 Å². The summed E-state index contributed by atoms with van der Waals surface area (Å²) in [7, 11) is 0. The molecule has 3 N–H and O–H groups in total. The van der Waals surface area contributed by atoms with Gasteiger partial charge < -0.3 is 20.3 Å². The lowest BCUT2D eigenvalue weighted by molar-refractivity contribution is -0.159. The molecule has 1 saturated heterocycles. The highest BCUT2D eigenvalue weighted by Crippen LogP contribution is 2.16. The molecule has 0 unspecified atom stereocenters. The third-order valence-corrected chi connectivity index (χ3v) is 3.55. The first-order valence-corrected chi connectivity index (χ1v) is 7.49. The van der Waals surface area contributed by atoms with Crippen LogP contribution in [0.25, 0.3) is 0 Å². The van der Waals surface area contributed by atoms with Crippen molar-refractivity contribution in [2.75, 3.05) is 39.3 Å². The molecule has 0 aliphatic carbocycles. The fourth-order valence-electron chi connectivity index (χ4n) is 2.03. The Kier molecular flexibility index (Phi) is 8.07. The number of aryl methyl sites for hydroxylation is 2. The predicted octanol–water partition coefficient (Wildman–Crippen LogP) is 0.743. The largest absolute Gasteiger partial charge is 0.492 e. The first-order chi connectivity index (χ1) is 10.9. The maximum absolute atomic E-state index is 9.10. The summed E-state index contributed by atoms with van der Waals surface area (Å²) in [6.07, 6.45) is 0. The molecule has 0 aromatic heterocycles. The molecule has 0 atom stereocenters. The van der Waals surface area contributed by atoms with Crippen LogP contribution in [0.1, 0.15) is 11.1 Å². The van der Waals surface area contributed by atoms with Crippen molar-refractivity contribution in [2.24, 2.45) is 0 Å². The minimum atomic E-state index is -1.82. The van der Waals surface area contributed by atoms with E-state index in [-0.39, 0.29) is 0 Å². The number of carbonyl (C=O) groups is 2. The van der Waals surface area contributed by atoms with Crippen LogP contribution < -0.4 is 10.1 Å². The minimum absolute atomic E-state index is 0.780. The number of piperazine rings is 1. The normalized spacial score (nSPS) is 14.5. The van der Waals surface area contributed by atoms with Gasteiger partial charge in [0.1, 0.15) is 12.4 Å². The minimum Gasteiger partial charge on any atom is -0.492 e. The van der Waals surface area contributed by atoms with E-state index in [1.165, 1.54) is 11.1 Å². The number of carboxylic acids is 2. The highest BCUT2D eigenvalue weighted by Gasteiger charge is 2.08. The average Bonchev–Trinajstić information content (AvgIpc) is 2.52. The molecule has 1 aliphatic heterocycles. The standard InChI is InChI=1S/C14H22N2O.C2H2O4/c1-12-3-4-14(11-13(12)2)17-10-9-16-7-5-15-6-8-16;3-1(4)2(5)6/h3-4,11,15H,5-10H2,1-2H3;(H,3,4)(H,5,6). The number of nitrogens with zero attached hydrogens (tertiary/aromatic N) is 1. The van der Waals surface area contributed by atoms with Crippen molar-refractivity contribution in [3.8, 4) is 5.75 Å². The summed E-state index contributed by atoms with van der Waals surface area (Å²) in [5.41, 5.74) is 2.61. The molecule has 1 aromatic rings. The molecule has 23 heavy (non-hydrogen) atoms. The lowest BCUT2D eigenvalue weighted by atomic mass is 10.1. The quantitative estimate of drug-likeness (QED) is 0.703. The Labute approximate surface area is 135 Å². The van der Waals surface area contributed by atoms with Crippen LogP contribution in [0.5, 0.6) is 5.75 Å². The maximum atomic E-state index is 9.10. The van der Waals surface area contributed by atoms with Gasteiger partial charge in [0.15, 0.2) is 0 Å². The molecule has 7 nitrogen and oxygen atoms in total. The molecular weight excluding hydrogens is 300 g/mol. The van der Waals surface area contributed by atoms with Gasteiger partial charge in [0, 0.05) is 32.7 Å². The lowest BCUT2D eigenvalue weighted by Gasteiger charge is -2.26. The molecule has 0 spiro atoms. The Morgan fingerprint density at radius 2 is 1.74 bits per heavy atom. The second kappa shape index (κ2) is 9.81. The SMILES string of the molecule is Cc1ccc(OCCN2CCNCC2)cc1C.O=C(O)C(=O)O. The second-order valence-corrected chi connectivity index (χ2v) is 5.30. The Balaban J connectivity index is 0.000000379. The van der Waals surface area contributed by atoms with Gasteiger partial charge in [-0.1, -0.05) is 6.07 Å². The molecule has 0 saturated carbocycles. The van der Waals surface area contributed by atoms with E-state index >= 15 is 0 Å². The van der Waals surface area contributed by atoms with Gasteiger partial charge in [0.25, 0.3) is 0 Å². The van der Waals surface area contributed by atoms with Crippen molar-refractivity contribution in [1.29, 1.82) is 0 Å². The summed E-state index contributed by atoms with van der Waals surface area (Å²) >= 11 is 0. The van der Waals surface area contributed by atoms with Crippen LogP contribution in [0.4, 0.5) is 0 Å². The Morgan fingerprint density at radius 3 is 2.26 bits per heavy atom. The predicted molar refractivity (Wildman–Crippen MR) is 86.0 cm³/mol. The van der Waals surface area contributed by atoms with Crippen molar-refractivity contribution in [3.63, 3.8) is 0 Å². The second-order valence-electron chi connectivity index (χ2n) is 5.30. The summed E-state index contributed by atoms with van der Waals surface area (Å²) in [5.74, 6) is -2.66. The Morgan fingerprint density at radius 1 is 1.13 bits per heavy atom. The summed E-state index contributed by atoms with van der Waals surface area (Å²) in [6, 6.07) is 6.29. The van der Waals surface area contributed by atoms with Crippen LogP contribution in [0.2, 0.25) is 0 Å². The van der Waals surface area contributed by atoms with Gasteiger partial charge in [-0.2, -0.15) is 0 Å². The van der Waals surface area contributed by atoms with E-state index in [2.05, 4.69) is 42.3 Å². The van der Waals surface area contributed by atoms with Crippen LogP contribution in [-0.4, -0.2) is 66.4 Å². The maximum Gasteiger partial charge on any atom is 0.414 e. The van der Waals surface area contributed by atoms with Crippen LogP contribution in [0.3, 0.4) is 0 Å². The number of hydrogen-bond acceptors (Lipinski definition) is 5. The molecule has 0 amide bonds. The van der Waals surface area contributed by atoms with Crippen LogP contribution in [0.15, 0.2) is 18.2 Å². The molecule has 1 aliphatic rings. The number of aliphatic carboxylic acids is 2. The number of ether oxygens (including phenoxy) is 1. The zero-order valence-corrected chi connectivity index (χ0v) is 13.5. The Bertz CT molecular complexity index is 515. The van der Waals surface area contributed by atoms with Crippen molar-refractivity contribution < 1.29 is 24.5 Å². The molecule has 1 heterocycles. The highest BCUT2D eigenvalue weighted by atomic mass is 16.5. The molecule has 0 radical (unpaired) electrons. The number of nitrogens with one attached hydrogen (secondary N) is 1. The van der Waals surface area contributed by atoms with Gasteiger partial charge in [-0.15, -0.1) is 0 Å². The van der Waals surface area contributed by atoms with E-state index in [0.29, 0.717) is 0 Å². The molecule has 0 bridgehead atoms. The third-order valence-electron chi connectivity index (χ3n) is 3.55. The van der Waals surface area contributed by atoms with E-state index in [1.54, 1.807) is 0 Å². The summed E-state index contributed by atoms with van der Waals surface area (Å²) < 4.78 is 5.78. The number of rotatable bonds is 4. The zero-order chi connectivity index (χ0) is 17.2. The topological polar surface area (TPSA) is 99.1 Å². The van der Waals surface area contributed by atoms with Crippen molar-refractivity contribution in [2.45, 2.75) is 13.8 Å². The molecule has 1 fully saturated rings. The first-order valence-electron chi connectivity index (χ1n) is 7.49. The number of hydrogen-bond donors (Lipinski definition) is 3. The monoisotopic (exact) mass is 324 g/mol. The molecule has 2 rings (SSSR count). The van der Waals surface area contributed by atoms with Crippen LogP contribution >= 0.6 is 0 Å². The first kappa shape index (κ1) is 18.9. The fourth-order valence-corrected chi connectivity index (χ4v) is 2.03. The van der Waals surface area contributed by atoms with E-state index < -0.39 is 11.9 Å². The highest BCUT2D eigenvalue weighted by molar-refractivity contribution is 6.27. The molecule has 7 heteroatoms. The summed E-state index contributed by atoms with van der Waals surface area (Å²) in [4.78, 5) is 20.6. The average molecular weight is 324 g/mol. The molecule has 128 valence electrons. The van der Waals surface area contributed by atoms with Crippen LogP contribution in [0, 0.1) is 13.8 Å². The van der Waals surface area contributed by atoms with Gasteiger partial charge in [0.05, 0.1) is 0 Å². The molecule has 1 aromatic carbocycles. The Hall–Kier alpha value is -2.12.